The molecule has 2 amide bonds. The number of carbonyl (C=O) groups excluding carboxylic acids is 2. The number of ether oxygens (including phenoxy) is 1. The number of rotatable bonds is 12. The summed E-state index contributed by atoms with van der Waals surface area (Å²) in [6.45, 7) is 6.42. The molecule has 1 N–H and O–H groups in total. The molecule has 3 aromatic carbocycles. The van der Waals surface area contributed by atoms with E-state index in [-0.39, 0.29) is 28.2 Å². The minimum absolute atomic E-state index is 0.0175. The molecule has 42 heavy (non-hydrogen) atoms. The fourth-order valence-corrected chi connectivity index (χ4v) is 6.25. The van der Waals surface area contributed by atoms with E-state index in [9.17, 15) is 18.0 Å². The number of amides is 2. The number of sulfonamides is 1. The molecule has 226 valence electrons. The molecule has 0 unspecified atom stereocenters. The lowest BCUT2D eigenvalue weighted by Crippen LogP contribution is -2.52. The maximum Gasteiger partial charge on any atom is 0.264 e. The van der Waals surface area contributed by atoms with E-state index in [2.05, 4.69) is 5.32 Å². The van der Waals surface area contributed by atoms with E-state index in [0.29, 0.717) is 27.8 Å². The van der Waals surface area contributed by atoms with Gasteiger partial charge in [-0.2, -0.15) is 0 Å². The van der Waals surface area contributed by atoms with Crippen LogP contribution in [0.3, 0.4) is 0 Å². The summed E-state index contributed by atoms with van der Waals surface area (Å²) < 4.78 is 34.2. The van der Waals surface area contributed by atoms with Gasteiger partial charge in [-0.15, -0.1) is 0 Å². The molecule has 12 heteroatoms. The second-order valence-electron chi connectivity index (χ2n) is 9.86. The SMILES string of the molecule is CC[C@@H](C)NC(=O)[C@@H](C)N(Cc1c(Cl)cccc1Cl)C(=O)CN(c1ccc(OC)c(Cl)c1)S(=O)(=O)c1ccc(C)cc1. The van der Waals surface area contributed by atoms with Gasteiger partial charge in [0.15, 0.2) is 0 Å². The van der Waals surface area contributed by atoms with E-state index >= 15 is 0 Å². The Morgan fingerprint density at radius 1 is 0.952 bits per heavy atom. The Kier molecular flexibility index (Phi) is 11.5. The lowest BCUT2D eigenvalue weighted by atomic mass is 10.1. The number of halogens is 3. The molecule has 2 atom stereocenters. The number of benzene rings is 3. The number of methoxy groups -OCH3 is 1. The van der Waals surface area contributed by atoms with Gasteiger partial charge in [0, 0.05) is 28.2 Å². The van der Waals surface area contributed by atoms with E-state index < -0.39 is 34.4 Å². The standard InChI is InChI=1S/C30H34Cl3N3O5S/c1-6-20(3)34-30(38)21(4)35(17-24-25(31)8-7-9-26(24)32)29(37)18-36(22-12-15-28(41-5)27(33)16-22)42(39,40)23-13-10-19(2)11-14-23/h7-16,20-21H,6,17-18H2,1-5H3,(H,34,38)/t20-,21-/m1/s1. The highest BCUT2D eigenvalue weighted by Crippen LogP contribution is 2.33. The van der Waals surface area contributed by atoms with E-state index in [4.69, 9.17) is 39.5 Å². The van der Waals surface area contributed by atoms with Crippen molar-refractivity contribution < 1.29 is 22.7 Å². The minimum atomic E-state index is -4.26. The summed E-state index contributed by atoms with van der Waals surface area (Å²) in [5.74, 6) is -0.716. The molecular weight excluding hydrogens is 621 g/mol. The van der Waals surface area contributed by atoms with Gasteiger partial charge in [0.25, 0.3) is 10.0 Å². The van der Waals surface area contributed by atoms with Crippen LogP contribution in [0.5, 0.6) is 5.75 Å². The largest absolute Gasteiger partial charge is 0.495 e. The Balaban J connectivity index is 2.10. The van der Waals surface area contributed by atoms with Crippen molar-refractivity contribution in [2.45, 2.75) is 57.6 Å². The van der Waals surface area contributed by atoms with E-state index in [1.54, 1.807) is 37.3 Å². The zero-order valence-corrected chi connectivity index (χ0v) is 27.1. The van der Waals surface area contributed by atoms with Crippen LogP contribution in [0.15, 0.2) is 65.6 Å². The number of carbonyl (C=O) groups is 2. The molecule has 0 fully saturated rings. The molecule has 0 radical (unpaired) electrons. The molecule has 0 spiro atoms. The van der Waals surface area contributed by atoms with Gasteiger partial charge in [-0.25, -0.2) is 8.42 Å². The van der Waals surface area contributed by atoms with Gasteiger partial charge >= 0.3 is 0 Å². The van der Waals surface area contributed by atoms with Crippen molar-refractivity contribution in [3.63, 3.8) is 0 Å². The maximum atomic E-state index is 14.1. The second kappa shape index (κ2) is 14.5. The fraction of sp³-hybridized carbons (Fsp3) is 0.333. The van der Waals surface area contributed by atoms with Crippen LogP contribution in [0, 0.1) is 6.92 Å². The molecule has 0 saturated carbocycles. The molecule has 3 aromatic rings. The summed E-state index contributed by atoms with van der Waals surface area (Å²) in [6, 6.07) is 14.5. The molecule has 0 bridgehead atoms. The highest BCUT2D eigenvalue weighted by atomic mass is 35.5. The van der Waals surface area contributed by atoms with Crippen LogP contribution in [-0.2, 0) is 26.2 Å². The van der Waals surface area contributed by atoms with Crippen LogP contribution in [-0.4, -0.2) is 50.9 Å². The van der Waals surface area contributed by atoms with Crippen molar-refractivity contribution >= 4 is 62.3 Å². The van der Waals surface area contributed by atoms with Crippen LogP contribution in [0.4, 0.5) is 5.69 Å². The van der Waals surface area contributed by atoms with Gasteiger partial charge in [0.05, 0.1) is 22.7 Å². The molecular formula is C30H34Cl3N3O5S. The van der Waals surface area contributed by atoms with Crippen LogP contribution in [0.1, 0.15) is 38.3 Å². The molecule has 0 aromatic heterocycles. The van der Waals surface area contributed by atoms with Crippen molar-refractivity contribution in [2.75, 3.05) is 18.0 Å². The summed E-state index contributed by atoms with van der Waals surface area (Å²) in [5.41, 5.74) is 1.44. The van der Waals surface area contributed by atoms with Gasteiger partial charge in [-0.3, -0.25) is 13.9 Å². The van der Waals surface area contributed by atoms with Crippen molar-refractivity contribution in [3.8, 4) is 5.75 Å². The Morgan fingerprint density at radius 3 is 2.12 bits per heavy atom. The summed E-state index contributed by atoms with van der Waals surface area (Å²) in [6.07, 6.45) is 0.684. The molecule has 0 aliphatic heterocycles. The molecule has 8 nitrogen and oxygen atoms in total. The van der Waals surface area contributed by atoms with Crippen LogP contribution in [0.2, 0.25) is 15.1 Å². The summed E-state index contributed by atoms with van der Waals surface area (Å²) in [7, 11) is -2.82. The van der Waals surface area contributed by atoms with Crippen LogP contribution < -0.4 is 14.4 Å². The van der Waals surface area contributed by atoms with E-state index in [1.807, 2.05) is 20.8 Å². The second-order valence-corrected chi connectivity index (χ2v) is 12.9. The Morgan fingerprint density at radius 2 is 1.57 bits per heavy atom. The van der Waals surface area contributed by atoms with Gasteiger partial charge in [0.1, 0.15) is 18.3 Å². The molecule has 0 saturated heterocycles. The van der Waals surface area contributed by atoms with E-state index in [0.717, 1.165) is 9.87 Å². The minimum Gasteiger partial charge on any atom is -0.495 e. The summed E-state index contributed by atoms with van der Waals surface area (Å²) in [5, 5.41) is 3.66. The number of hydrogen-bond acceptors (Lipinski definition) is 5. The lowest BCUT2D eigenvalue weighted by molar-refractivity contribution is -0.139. The quantitative estimate of drug-likeness (QED) is 0.241. The topological polar surface area (TPSA) is 96.0 Å². The molecule has 0 aliphatic rings. The van der Waals surface area contributed by atoms with Crippen molar-refractivity contribution in [1.29, 1.82) is 0 Å². The Bertz CT molecular complexity index is 1510. The average Bonchev–Trinajstić information content (AvgIpc) is 2.95. The first-order valence-electron chi connectivity index (χ1n) is 13.3. The number of aryl methyl sites for hydroxylation is 1. The van der Waals surface area contributed by atoms with E-state index in [1.165, 1.54) is 42.3 Å². The highest BCUT2D eigenvalue weighted by Gasteiger charge is 2.33. The Hall–Kier alpha value is -2.98. The van der Waals surface area contributed by atoms with Crippen molar-refractivity contribution in [1.82, 2.24) is 10.2 Å². The summed E-state index contributed by atoms with van der Waals surface area (Å²) in [4.78, 5) is 28.6. The highest BCUT2D eigenvalue weighted by molar-refractivity contribution is 7.92. The fourth-order valence-electron chi connectivity index (χ4n) is 4.08. The predicted octanol–water partition coefficient (Wildman–Crippen LogP) is 6.49. The number of nitrogens with zero attached hydrogens (tertiary/aromatic N) is 2. The third-order valence-corrected chi connectivity index (χ3v) is 9.66. The van der Waals surface area contributed by atoms with Crippen LogP contribution >= 0.6 is 34.8 Å². The molecule has 0 heterocycles. The summed E-state index contributed by atoms with van der Waals surface area (Å²) >= 11 is 19.2. The van der Waals surface area contributed by atoms with Crippen molar-refractivity contribution in [3.05, 3.63) is 86.9 Å². The smallest absolute Gasteiger partial charge is 0.264 e. The molecule has 3 rings (SSSR count). The number of anilines is 1. The first kappa shape index (κ1) is 33.5. The van der Waals surface area contributed by atoms with Gasteiger partial charge in [-0.05, 0) is 69.7 Å². The van der Waals surface area contributed by atoms with Gasteiger partial charge < -0.3 is 15.0 Å². The van der Waals surface area contributed by atoms with Gasteiger partial charge in [-0.1, -0.05) is 65.5 Å². The van der Waals surface area contributed by atoms with Crippen molar-refractivity contribution in [2.24, 2.45) is 0 Å². The first-order valence-corrected chi connectivity index (χ1v) is 15.8. The third kappa shape index (κ3) is 7.89. The monoisotopic (exact) mass is 653 g/mol. The maximum absolute atomic E-state index is 14.1. The normalized spacial score (nSPS) is 12.8. The lowest BCUT2D eigenvalue weighted by Gasteiger charge is -2.33. The first-order chi connectivity index (χ1) is 19.8. The number of nitrogens with one attached hydrogen (secondary N) is 1. The average molecular weight is 655 g/mol. The molecule has 0 aliphatic carbocycles. The van der Waals surface area contributed by atoms with Gasteiger partial charge in [0.2, 0.25) is 11.8 Å². The third-order valence-electron chi connectivity index (χ3n) is 6.87. The van der Waals surface area contributed by atoms with Crippen LogP contribution in [0.25, 0.3) is 0 Å². The zero-order chi connectivity index (χ0) is 31.2. The predicted molar refractivity (Wildman–Crippen MR) is 168 cm³/mol. The zero-order valence-electron chi connectivity index (χ0n) is 24.0. The number of hydrogen-bond donors (Lipinski definition) is 1. The Labute approximate surface area is 262 Å².